The Bertz CT molecular complexity index is 1230. The minimum Gasteiger partial charge on any atom is -0.291 e. The number of azo groups is 1. The van der Waals surface area contributed by atoms with E-state index in [9.17, 15) is 4.79 Å². The van der Waals surface area contributed by atoms with E-state index in [0.717, 1.165) is 11.3 Å². The van der Waals surface area contributed by atoms with Crippen LogP contribution in [-0.2, 0) is 0 Å². The van der Waals surface area contributed by atoms with Crippen LogP contribution in [0.5, 0.6) is 0 Å². The first kappa shape index (κ1) is 18.6. The van der Waals surface area contributed by atoms with Crippen molar-refractivity contribution in [2.75, 3.05) is 0 Å². The van der Waals surface area contributed by atoms with Gasteiger partial charge in [-0.15, -0.1) is 16.5 Å². The van der Waals surface area contributed by atoms with Crippen LogP contribution in [0.2, 0.25) is 10.0 Å². The molecule has 0 bridgehead atoms. The van der Waals surface area contributed by atoms with Crippen molar-refractivity contribution in [1.29, 1.82) is 0 Å². The molecule has 0 amide bonds. The fourth-order valence-corrected chi connectivity index (χ4v) is 3.64. The van der Waals surface area contributed by atoms with Crippen LogP contribution in [0.3, 0.4) is 0 Å². The highest BCUT2D eigenvalue weighted by atomic mass is 35.5. The van der Waals surface area contributed by atoms with E-state index in [4.69, 9.17) is 23.2 Å². The van der Waals surface area contributed by atoms with Crippen molar-refractivity contribution in [2.45, 2.75) is 6.92 Å². The van der Waals surface area contributed by atoms with Crippen LogP contribution in [0.4, 0.5) is 11.4 Å². The molecule has 2 aromatic carbocycles. The molecular formula is C19H13Cl2N5OS. The summed E-state index contributed by atoms with van der Waals surface area (Å²) < 4.78 is 1.37. The van der Waals surface area contributed by atoms with Gasteiger partial charge in [-0.05, 0) is 25.1 Å². The highest BCUT2D eigenvalue weighted by Crippen LogP contribution is 2.28. The van der Waals surface area contributed by atoms with Crippen molar-refractivity contribution in [3.05, 3.63) is 80.0 Å². The van der Waals surface area contributed by atoms with E-state index < -0.39 is 0 Å². The number of thiazole rings is 1. The maximum atomic E-state index is 12.8. The molecule has 140 valence electrons. The van der Waals surface area contributed by atoms with Gasteiger partial charge in [-0.2, -0.15) is 9.80 Å². The van der Waals surface area contributed by atoms with Crippen molar-refractivity contribution < 1.29 is 0 Å². The van der Waals surface area contributed by atoms with E-state index in [1.165, 1.54) is 16.0 Å². The average molecular weight is 430 g/mol. The normalized spacial score (nSPS) is 11.4. The number of aromatic amines is 1. The summed E-state index contributed by atoms with van der Waals surface area (Å²) in [6.45, 7) is 1.76. The topological polar surface area (TPSA) is 75.4 Å². The second-order valence-electron chi connectivity index (χ2n) is 5.91. The average Bonchev–Trinajstić information content (AvgIpc) is 3.29. The first-order chi connectivity index (χ1) is 13.5. The molecule has 0 fully saturated rings. The number of aryl methyl sites for hydroxylation is 1. The zero-order valence-corrected chi connectivity index (χ0v) is 16.9. The van der Waals surface area contributed by atoms with Crippen LogP contribution in [0.25, 0.3) is 16.4 Å². The Kier molecular flexibility index (Phi) is 5.13. The number of nitrogens with zero attached hydrogens (tertiary/aromatic N) is 4. The van der Waals surface area contributed by atoms with E-state index in [1.807, 2.05) is 35.7 Å². The Morgan fingerprint density at radius 2 is 1.86 bits per heavy atom. The van der Waals surface area contributed by atoms with Gasteiger partial charge in [0.15, 0.2) is 5.69 Å². The quantitative estimate of drug-likeness (QED) is 0.385. The number of H-pyrrole nitrogens is 1. The molecule has 0 aliphatic rings. The van der Waals surface area contributed by atoms with Crippen molar-refractivity contribution in [1.82, 2.24) is 14.8 Å². The summed E-state index contributed by atoms with van der Waals surface area (Å²) in [5.74, 6) is 0. The van der Waals surface area contributed by atoms with Gasteiger partial charge in [-0.1, -0.05) is 53.5 Å². The Balaban J connectivity index is 1.66. The standard InChI is InChI=1S/C19H13Cl2N5OS/c1-11-17(24-23-13-7-8-14(20)15(21)9-13)18(27)26(25-11)19-22-16(10-28-19)12-5-3-2-4-6-12/h2-10,25H,1H3. The summed E-state index contributed by atoms with van der Waals surface area (Å²) in [7, 11) is 0. The lowest BCUT2D eigenvalue weighted by Gasteiger charge is -1.96. The van der Waals surface area contributed by atoms with Gasteiger partial charge in [0, 0.05) is 10.9 Å². The van der Waals surface area contributed by atoms with Gasteiger partial charge in [0.1, 0.15) is 0 Å². The molecule has 1 N–H and O–H groups in total. The van der Waals surface area contributed by atoms with Crippen molar-refractivity contribution >= 4 is 45.9 Å². The minimum absolute atomic E-state index is 0.211. The first-order valence-electron chi connectivity index (χ1n) is 8.22. The van der Waals surface area contributed by atoms with Crippen LogP contribution < -0.4 is 5.56 Å². The summed E-state index contributed by atoms with van der Waals surface area (Å²) in [6, 6.07) is 14.7. The molecule has 0 unspecified atom stereocenters. The van der Waals surface area contributed by atoms with E-state index in [-0.39, 0.29) is 11.2 Å². The maximum Gasteiger partial charge on any atom is 0.301 e. The molecule has 4 rings (SSSR count). The van der Waals surface area contributed by atoms with E-state index in [1.54, 1.807) is 25.1 Å². The lowest BCUT2D eigenvalue weighted by molar-refractivity contribution is 0.827. The highest BCUT2D eigenvalue weighted by molar-refractivity contribution is 7.12. The van der Waals surface area contributed by atoms with Gasteiger partial charge in [-0.25, -0.2) is 4.98 Å². The molecule has 2 aromatic heterocycles. The van der Waals surface area contributed by atoms with Gasteiger partial charge in [0.2, 0.25) is 5.13 Å². The number of benzene rings is 2. The number of aromatic nitrogens is 3. The molecule has 0 saturated carbocycles. The largest absolute Gasteiger partial charge is 0.301 e. The third kappa shape index (κ3) is 3.64. The fourth-order valence-electron chi connectivity index (χ4n) is 2.55. The Labute approximate surface area is 174 Å². The van der Waals surface area contributed by atoms with Gasteiger partial charge in [0.05, 0.1) is 27.1 Å². The minimum atomic E-state index is -0.324. The molecule has 4 aromatic rings. The van der Waals surface area contributed by atoms with Gasteiger partial charge in [0.25, 0.3) is 0 Å². The molecule has 0 spiro atoms. The van der Waals surface area contributed by atoms with Crippen molar-refractivity contribution in [3.8, 4) is 16.4 Å². The van der Waals surface area contributed by atoms with Crippen molar-refractivity contribution in [3.63, 3.8) is 0 Å². The zero-order chi connectivity index (χ0) is 19.7. The first-order valence-corrected chi connectivity index (χ1v) is 9.86. The Morgan fingerprint density at radius 3 is 2.61 bits per heavy atom. The molecule has 2 heterocycles. The number of halogens is 2. The summed E-state index contributed by atoms with van der Waals surface area (Å²) in [5.41, 5.74) is 2.77. The van der Waals surface area contributed by atoms with Crippen LogP contribution in [0, 0.1) is 6.92 Å². The lowest BCUT2D eigenvalue weighted by Crippen LogP contribution is -2.13. The van der Waals surface area contributed by atoms with Crippen LogP contribution in [0.15, 0.2) is 68.9 Å². The third-order valence-corrected chi connectivity index (χ3v) is 5.53. The molecule has 0 atom stereocenters. The highest BCUT2D eigenvalue weighted by Gasteiger charge is 2.15. The molecule has 0 aliphatic carbocycles. The van der Waals surface area contributed by atoms with Crippen LogP contribution >= 0.6 is 34.5 Å². The molecule has 9 heteroatoms. The number of hydrogen-bond acceptors (Lipinski definition) is 5. The fraction of sp³-hybridized carbons (Fsp3) is 0.0526. The van der Waals surface area contributed by atoms with Crippen LogP contribution in [-0.4, -0.2) is 14.8 Å². The predicted octanol–water partition coefficient (Wildman–Crippen LogP) is 6.32. The van der Waals surface area contributed by atoms with E-state index >= 15 is 0 Å². The monoisotopic (exact) mass is 429 g/mol. The number of nitrogens with one attached hydrogen (secondary N) is 1. The van der Waals surface area contributed by atoms with E-state index in [2.05, 4.69) is 20.3 Å². The second-order valence-corrected chi connectivity index (χ2v) is 7.56. The number of hydrogen-bond donors (Lipinski definition) is 1. The Hall–Kier alpha value is -2.74. The lowest BCUT2D eigenvalue weighted by atomic mass is 10.2. The molecule has 6 nitrogen and oxygen atoms in total. The zero-order valence-electron chi connectivity index (χ0n) is 14.6. The number of rotatable bonds is 4. The summed E-state index contributed by atoms with van der Waals surface area (Å²) in [6.07, 6.45) is 0. The molecule has 0 radical (unpaired) electrons. The molecule has 0 saturated heterocycles. The summed E-state index contributed by atoms with van der Waals surface area (Å²) in [4.78, 5) is 17.3. The smallest absolute Gasteiger partial charge is 0.291 e. The summed E-state index contributed by atoms with van der Waals surface area (Å²) >= 11 is 13.2. The van der Waals surface area contributed by atoms with Gasteiger partial charge >= 0.3 is 5.56 Å². The third-order valence-electron chi connectivity index (χ3n) is 3.96. The summed E-state index contributed by atoms with van der Waals surface area (Å²) in [5, 5.41) is 14.4. The molecule has 0 aliphatic heterocycles. The molecular weight excluding hydrogens is 417 g/mol. The second kappa shape index (κ2) is 7.71. The SMILES string of the molecule is Cc1[nH]n(-c2nc(-c3ccccc3)cs2)c(=O)c1N=Nc1ccc(Cl)c(Cl)c1. The van der Waals surface area contributed by atoms with Gasteiger partial charge < -0.3 is 0 Å². The van der Waals surface area contributed by atoms with Gasteiger partial charge in [-0.3, -0.25) is 9.89 Å². The Morgan fingerprint density at radius 1 is 1.07 bits per heavy atom. The van der Waals surface area contributed by atoms with Crippen LogP contribution in [0.1, 0.15) is 5.69 Å². The maximum absolute atomic E-state index is 12.8. The predicted molar refractivity (Wildman–Crippen MR) is 113 cm³/mol. The van der Waals surface area contributed by atoms with E-state index in [0.29, 0.717) is 26.6 Å². The molecule has 28 heavy (non-hydrogen) atoms. The van der Waals surface area contributed by atoms with Crippen molar-refractivity contribution in [2.24, 2.45) is 10.2 Å².